The topological polar surface area (TPSA) is 55.4 Å². The van der Waals surface area contributed by atoms with Gasteiger partial charge in [0.1, 0.15) is 17.2 Å². The van der Waals surface area contributed by atoms with E-state index in [1.165, 1.54) is 6.07 Å². The van der Waals surface area contributed by atoms with Crippen molar-refractivity contribution in [3.63, 3.8) is 0 Å². The van der Waals surface area contributed by atoms with E-state index >= 15 is 0 Å². The number of ether oxygens (including phenoxy) is 1. The number of amides is 1. The van der Waals surface area contributed by atoms with Crippen LogP contribution in [0.15, 0.2) is 48.5 Å². The van der Waals surface area contributed by atoms with Crippen molar-refractivity contribution < 1.29 is 18.7 Å². The average Bonchev–Trinajstić information content (AvgIpc) is 3.32. The van der Waals surface area contributed by atoms with Gasteiger partial charge in [-0.1, -0.05) is 30.3 Å². The molecule has 1 spiro atoms. The van der Waals surface area contributed by atoms with Crippen molar-refractivity contribution in [2.24, 2.45) is 17.8 Å². The lowest BCUT2D eigenvalue weighted by molar-refractivity contribution is -0.124. The summed E-state index contributed by atoms with van der Waals surface area (Å²) in [4.78, 5) is 25.3. The number of hydrogen-bond acceptors (Lipinski definition) is 3. The summed E-state index contributed by atoms with van der Waals surface area (Å²) in [6.45, 7) is 0.178. The predicted octanol–water partition coefficient (Wildman–Crippen LogP) is 3.50. The number of rotatable bonds is 3. The first-order chi connectivity index (χ1) is 13.1. The van der Waals surface area contributed by atoms with Gasteiger partial charge in [-0.3, -0.25) is 9.59 Å². The smallest absolute Gasteiger partial charge is 0.224 e. The van der Waals surface area contributed by atoms with E-state index in [0.717, 1.165) is 12.8 Å². The molecule has 4 nitrogen and oxygen atoms in total. The van der Waals surface area contributed by atoms with Gasteiger partial charge in [0.25, 0.3) is 0 Å². The largest absolute Gasteiger partial charge is 0.486 e. The molecular formula is C22H20FNO3. The van der Waals surface area contributed by atoms with Crippen LogP contribution in [-0.4, -0.2) is 17.3 Å². The molecular weight excluding hydrogens is 345 g/mol. The van der Waals surface area contributed by atoms with Crippen LogP contribution in [0.3, 0.4) is 0 Å². The summed E-state index contributed by atoms with van der Waals surface area (Å²) in [6, 6.07) is 13.8. The monoisotopic (exact) mass is 365 g/mol. The van der Waals surface area contributed by atoms with E-state index in [2.05, 4.69) is 5.32 Å². The summed E-state index contributed by atoms with van der Waals surface area (Å²) < 4.78 is 20.1. The van der Waals surface area contributed by atoms with Crippen LogP contribution in [0.1, 0.15) is 35.2 Å². The lowest BCUT2D eigenvalue weighted by Crippen LogP contribution is -2.44. The van der Waals surface area contributed by atoms with Crippen LogP contribution in [-0.2, 0) is 11.3 Å². The molecule has 1 N–H and O–H groups in total. The van der Waals surface area contributed by atoms with Gasteiger partial charge in [-0.15, -0.1) is 0 Å². The highest BCUT2D eigenvalue weighted by Gasteiger charge is 2.70. The molecule has 2 aromatic rings. The highest BCUT2D eigenvalue weighted by Crippen LogP contribution is 2.65. The molecule has 3 aliphatic rings. The molecule has 27 heavy (non-hydrogen) atoms. The Morgan fingerprint density at radius 1 is 1.19 bits per heavy atom. The minimum Gasteiger partial charge on any atom is -0.486 e. The van der Waals surface area contributed by atoms with Gasteiger partial charge in [-0.2, -0.15) is 0 Å². The quantitative estimate of drug-likeness (QED) is 0.906. The van der Waals surface area contributed by atoms with Crippen LogP contribution >= 0.6 is 0 Å². The number of hydrogen-bond donors (Lipinski definition) is 1. The highest BCUT2D eigenvalue weighted by atomic mass is 19.1. The fraction of sp³-hybridized carbons (Fsp3) is 0.364. The Balaban J connectivity index is 1.31. The maximum atomic E-state index is 13.7. The molecule has 2 saturated carbocycles. The van der Waals surface area contributed by atoms with Gasteiger partial charge in [0.2, 0.25) is 5.91 Å². The van der Waals surface area contributed by atoms with E-state index in [4.69, 9.17) is 4.74 Å². The summed E-state index contributed by atoms with van der Waals surface area (Å²) in [7, 11) is 0. The molecule has 0 radical (unpaired) electrons. The average molecular weight is 365 g/mol. The highest BCUT2D eigenvalue weighted by molar-refractivity contribution is 6.00. The standard InChI is InChI=1S/C22H20FNO3/c23-16-7-3-1-5-13(16)12-24-21(26)19-15-9-10-22(20(15)19)11-17(25)14-6-2-4-8-18(14)27-22/h1-8,15,19-20H,9-12H2,(H,24,26)/t15-,19+,20+,22-/m1/s1. The molecule has 4 atom stereocenters. The van der Waals surface area contributed by atoms with Gasteiger partial charge >= 0.3 is 0 Å². The molecule has 5 rings (SSSR count). The van der Waals surface area contributed by atoms with E-state index in [1.54, 1.807) is 24.3 Å². The molecule has 2 aliphatic carbocycles. The molecule has 2 aromatic carbocycles. The van der Waals surface area contributed by atoms with Crippen LogP contribution in [0.4, 0.5) is 4.39 Å². The van der Waals surface area contributed by atoms with Gasteiger partial charge < -0.3 is 10.1 Å². The number of benzene rings is 2. The summed E-state index contributed by atoms with van der Waals surface area (Å²) in [5.74, 6) is 0.509. The molecule has 0 unspecified atom stereocenters. The fourth-order valence-corrected chi connectivity index (χ4v) is 5.06. The first-order valence-corrected chi connectivity index (χ1v) is 9.41. The number of halogens is 1. The Labute approximate surface area is 156 Å². The molecule has 1 amide bonds. The zero-order chi connectivity index (χ0) is 18.6. The van der Waals surface area contributed by atoms with Crippen molar-refractivity contribution in [2.45, 2.75) is 31.4 Å². The normalized spacial score (nSPS) is 30.4. The second kappa shape index (κ2) is 5.91. The van der Waals surface area contributed by atoms with Crippen LogP contribution in [0.25, 0.3) is 0 Å². The Bertz CT molecular complexity index is 943. The number of nitrogens with one attached hydrogen (secondary N) is 1. The van der Waals surface area contributed by atoms with Gasteiger partial charge in [-0.25, -0.2) is 4.39 Å². The van der Waals surface area contributed by atoms with Crippen molar-refractivity contribution in [1.29, 1.82) is 0 Å². The Hall–Kier alpha value is -2.69. The Morgan fingerprint density at radius 2 is 1.96 bits per heavy atom. The number of Topliss-reactive ketones (excluding diaryl/α,β-unsaturated/α-hetero) is 1. The molecule has 0 bridgehead atoms. The molecule has 0 aromatic heterocycles. The van der Waals surface area contributed by atoms with Gasteiger partial charge in [0.15, 0.2) is 5.78 Å². The number of para-hydroxylation sites is 1. The number of carbonyl (C=O) groups is 2. The lowest BCUT2D eigenvalue weighted by Gasteiger charge is -2.37. The van der Waals surface area contributed by atoms with Gasteiger partial charge in [0, 0.05) is 23.9 Å². The van der Waals surface area contributed by atoms with E-state index < -0.39 is 5.60 Å². The van der Waals surface area contributed by atoms with Crippen molar-refractivity contribution in [3.05, 3.63) is 65.5 Å². The third-order valence-corrected chi connectivity index (χ3v) is 6.35. The summed E-state index contributed by atoms with van der Waals surface area (Å²) >= 11 is 0. The fourth-order valence-electron chi connectivity index (χ4n) is 5.06. The summed E-state index contributed by atoms with van der Waals surface area (Å²) in [5, 5.41) is 2.86. The zero-order valence-electron chi connectivity index (χ0n) is 14.8. The van der Waals surface area contributed by atoms with E-state index in [-0.39, 0.29) is 41.8 Å². The molecule has 1 aliphatic heterocycles. The minimum atomic E-state index is -0.559. The van der Waals surface area contributed by atoms with Crippen LogP contribution in [0.2, 0.25) is 0 Å². The summed E-state index contributed by atoms with van der Waals surface area (Å²) in [5.41, 5.74) is 0.549. The molecule has 2 fully saturated rings. The van der Waals surface area contributed by atoms with Crippen molar-refractivity contribution in [2.75, 3.05) is 0 Å². The second-order valence-corrected chi connectivity index (χ2v) is 7.83. The third kappa shape index (κ3) is 2.56. The van der Waals surface area contributed by atoms with Gasteiger partial charge in [0.05, 0.1) is 12.0 Å². The molecule has 138 valence electrons. The van der Waals surface area contributed by atoms with Crippen LogP contribution in [0, 0.1) is 23.6 Å². The first-order valence-electron chi connectivity index (χ1n) is 9.41. The Morgan fingerprint density at radius 3 is 2.81 bits per heavy atom. The minimum absolute atomic E-state index is 0.0652. The van der Waals surface area contributed by atoms with E-state index in [0.29, 0.717) is 23.3 Å². The predicted molar refractivity (Wildman–Crippen MR) is 96.7 cm³/mol. The second-order valence-electron chi connectivity index (χ2n) is 7.83. The number of ketones is 1. The molecule has 5 heteroatoms. The number of carbonyl (C=O) groups excluding carboxylic acids is 2. The lowest BCUT2D eigenvalue weighted by atomic mass is 9.84. The van der Waals surface area contributed by atoms with Crippen LogP contribution < -0.4 is 10.1 Å². The van der Waals surface area contributed by atoms with Gasteiger partial charge in [-0.05, 0) is 37.0 Å². The third-order valence-electron chi connectivity index (χ3n) is 6.35. The van der Waals surface area contributed by atoms with E-state index in [9.17, 15) is 14.0 Å². The molecule has 0 saturated heterocycles. The molecule has 1 heterocycles. The van der Waals surface area contributed by atoms with Crippen molar-refractivity contribution in [3.8, 4) is 5.75 Å². The van der Waals surface area contributed by atoms with Crippen LogP contribution in [0.5, 0.6) is 5.75 Å². The first kappa shape index (κ1) is 16.5. The maximum Gasteiger partial charge on any atom is 0.224 e. The zero-order valence-corrected chi connectivity index (χ0v) is 14.8. The van der Waals surface area contributed by atoms with E-state index in [1.807, 2.05) is 18.2 Å². The summed E-state index contributed by atoms with van der Waals surface area (Å²) in [6.07, 6.45) is 2.03. The van der Waals surface area contributed by atoms with Crippen molar-refractivity contribution >= 4 is 11.7 Å². The Kier molecular flexibility index (Phi) is 3.61. The number of fused-ring (bicyclic) bond motifs is 3. The maximum absolute atomic E-state index is 13.7. The van der Waals surface area contributed by atoms with Crippen molar-refractivity contribution in [1.82, 2.24) is 5.32 Å². The SMILES string of the molecule is O=C1C[C@@]2(CC[C@@H]3[C@H](C(=O)NCc4ccccc4F)[C@H]32)Oc2ccccc21.